The zero-order valence-corrected chi connectivity index (χ0v) is 19.3. The molecule has 1 aliphatic rings. The first kappa shape index (κ1) is 21.1. The van der Waals surface area contributed by atoms with Crippen LogP contribution in [0.5, 0.6) is 0 Å². The maximum Gasteiger partial charge on any atom is 0.232 e. The summed E-state index contributed by atoms with van der Waals surface area (Å²) in [4.78, 5) is 13.4. The van der Waals surface area contributed by atoms with E-state index in [0.717, 1.165) is 15.8 Å². The Balaban J connectivity index is 1.48. The Kier molecular flexibility index (Phi) is 5.70. The molecule has 4 heterocycles. The van der Waals surface area contributed by atoms with Crippen molar-refractivity contribution < 1.29 is 9.13 Å². The van der Waals surface area contributed by atoms with Gasteiger partial charge >= 0.3 is 0 Å². The van der Waals surface area contributed by atoms with Crippen LogP contribution >= 0.6 is 23.1 Å². The fourth-order valence-electron chi connectivity index (χ4n) is 3.69. The molecule has 1 saturated heterocycles. The summed E-state index contributed by atoms with van der Waals surface area (Å²) in [7, 11) is 0. The Morgan fingerprint density at radius 2 is 2.00 bits per heavy atom. The number of nitrogens with zero attached hydrogens (tertiary/aromatic N) is 6. The Labute approximate surface area is 192 Å². The van der Waals surface area contributed by atoms with Gasteiger partial charge in [0, 0.05) is 18.0 Å². The van der Waals surface area contributed by atoms with E-state index in [1.54, 1.807) is 17.4 Å². The van der Waals surface area contributed by atoms with Crippen LogP contribution in [0.1, 0.15) is 16.3 Å². The molecule has 0 unspecified atom stereocenters. The minimum Gasteiger partial charge on any atom is -0.383 e. The molecule has 2 N–H and O–H groups in total. The molecule has 1 fully saturated rings. The van der Waals surface area contributed by atoms with Gasteiger partial charge in [-0.15, -0.1) is 21.5 Å². The number of aromatic nitrogens is 5. The summed E-state index contributed by atoms with van der Waals surface area (Å²) < 4.78 is 21.4. The fourth-order valence-corrected chi connectivity index (χ4v) is 5.54. The lowest BCUT2D eigenvalue weighted by molar-refractivity contribution is 0.122. The average Bonchev–Trinajstić information content (AvgIpc) is 3.34. The molecule has 0 amide bonds. The first-order valence-electron chi connectivity index (χ1n) is 10.2. The van der Waals surface area contributed by atoms with Crippen LogP contribution in [0, 0.1) is 19.7 Å². The van der Waals surface area contributed by atoms with Gasteiger partial charge in [-0.25, -0.2) is 14.4 Å². The summed E-state index contributed by atoms with van der Waals surface area (Å²) in [5.41, 5.74) is 8.03. The van der Waals surface area contributed by atoms with E-state index in [1.807, 2.05) is 17.6 Å². The number of thioether (sulfide) groups is 1. The van der Waals surface area contributed by atoms with Crippen molar-refractivity contribution in [3.63, 3.8) is 0 Å². The van der Waals surface area contributed by atoms with Crippen LogP contribution in [0.4, 0.5) is 16.2 Å². The summed E-state index contributed by atoms with van der Waals surface area (Å²) in [5, 5.41) is 10.4. The van der Waals surface area contributed by atoms with E-state index in [9.17, 15) is 4.39 Å². The molecule has 0 aliphatic carbocycles. The molecule has 0 saturated carbocycles. The smallest absolute Gasteiger partial charge is 0.232 e. The lowest BCUT2D eigenvalue weighted by atomic mass is 10.2. The third-order valence-corrected chi connectivity index (χ3v) is 7.44. The molecule has 0 atom stereocenters. The van der Waals surface area contributed by atoms with Crippen LogP contribution in [0.2, 0.25) is 0 Å². The van der Waals surface area contributed by atoms with Crippen LogP contribution in [0.15, 0.2) is 29.4 Å². The number of hydrogen-bond donors (Lipinski definition) is 1. The molecular formula is C21H22FN7OS2. The summed E-state index contributed by atoms with van der Waals surface area (Å²) in [6.07, 6.45) is 0. The van der Waals surface area contributed by atoms with Crippen molar-refractivity contribution in [2.45, 2.75) is 24.8 Å². The number of aryl methyl sites for hydroxylation is 2. The van der Waals surface area contributed by atoms with Crippen molar-refractivity contribution >= 4 is 45.1 Å². The van der Waals surface area contributed by atoms with Gasteiger partial charge in [0.1, 0.15) is 22.3 Å². The number of benzene rings is 1. The molecule has 4 aromatic rings. The highest BCUT2D eigenvalue weighted by Gasteiger charge is 2.22. The molecule has 0 radical (unpaired) electrons. The predicted octanol–water partition coefficient (Wildman–Crippen LogP) is 3.74. The number of morpholine rings is 1. The molecule has 8 nitrogen and oxygen atoms in total. The number of hydrogen-bond acceptors (Lipinski definition) is 9. The highest BCUT2D eigenvalue weighted by molar-refractivity contribution is 7.98. The van der Waals surface area contributed by atoms with Crippen LogP contribution in [0.3, 0.4) is 0 Å². The molecule has 0 spiro atoms. The van der Waals surface area contributed by atoms with E-state index in [-0.39, 0.29) is 5.82 Å². The number of halogens is 1. The quantitative estimate of drug-likeness (QED) is 0.440. The SMILES string of the molecule is Cc1sc2nc(CSc3nnc(N4CCOCC4)n3-c3cccc(F)c3)nc(N)c2c1C. The number of nitrogen functional groups attached to an aromatic ring is 1. The summed E-state index contributed by atoms with van der Waals surface area (Å²) >= 11 is 3.07. The van der Waals surface area contributed by atoms with Gasteiger partial charge in [0.15, 0.2) is 5.16 Å². The Hall–Kier alpha value is -2.76. The molecule has 5 rings (SSSR count). The third kappa shape index (κ3) is 3.91. The molecule has 3 aromatic heterocycles. The van der Waals surface area contributed by atoms with Crippen molar-refractivity contribution in [1.82, 2.24) is 24.7 Å². The van der Waals surface area contributed by atoms with Crippen molar-refractivity contribution in [2.75, 3.05) is 36.9 Å². The first-order chi connectivity index (χ1) is 15.5. The zero-order valence-electron chi connectivity index (χ0n) is 17.7. The van der Waals surface area contributed by atoms with Gasteiger partial charge in [-0.05, 0) is 37.6 Å². The van der Waals surface area contributed by atoms with Gasteiger partial charge in [-0.1, -0.05) is 17.8 Å². The first-order valence-corrected chi connectivity index (χ1v) is 12.0. The average molecular weight is 472 g/mol. The second-order valence-corrected chi connectivity index (χ2v) is 9.62. The minimum absolute atomic E-state index is 0.315. The van der Waals surface area contributed by atoms with Crippen molar-refractivity contribution in [3.05, 3.63) is 46.3 Å². The van der Waals surface area contributed by atoms with E-state index < -0.39 is 0 Å². The van der Waals surface area contributed by atoms with Crippen molar-refractivity contribution in [2.24, 2.45) is 0 Å². The molecule has 32 heavy (non-hydrogen) atoms. The van der Waals surface area contributed by atoms with E-state index in [1.165, 1.54) is 28.8 Å². The molecule has 1 aromatic carbocycles. The highest BCUT2D eigenvalue weighted by atomic mass is 32.2. The number of anilines is 2. The predicted molar refractivity (Wildman–Crippen MR) is 125 cm³/mol. The van der Waals surface area contributed by atoms with Crippen molar-refractivity contribution in [1.29, 1.82) is 0 Å². The monoisotopic (exact) mass is 471 g/mol. The molecule has 1 aliphatic heterocycles. The van der Waals surface area contributed by atoms with Crippen LogP contribution < -0.4 is 10.6 Å². The number of thiophene rings is 1. The normalized spacial score (nSPS) is 14.4. The van der Waals surface area contributed by atoms with E-state index in [4.69, 9.17) is 15.5 Å². The number of nitrogens with two attached hydrogens (primary N) is 1. The third-order valence-electron chi connectivity index (χ3n) is 5.41. The van der Waals surface area contributed by atoms with Gasteiger partial charge < -0.3 is 15.4 Å². The summed E-state index contributed by atoms with van der Waals surface area (Å²) in [6.45, 7) is 6.73. The highest BCUT2D eigenvalue weighted by Crippen LogP contribution is 2.34. The lowest BCUT2D eigenvalue weighted by Crippen LogP contribution is -2.37. The van der Waals surface area contributed by atoms with Crippen LogP contribution in [-0.4, -0.2) is 51.0 Å². The maximum absolute atomic E-state index is 14.0. The molecule has 166 valence electrons. The Morgan fingerprint density at radius 3 is 2.78 bits per heavy atom. The van der Waals surface area contributed by atoms with Crippen molar-refractivity contribution in [3.8, 4) is 5.69 Å². The second kappa shape index (κ2) is 8.64. The second-order valence-electron chi connectivity index (χ2n) is 7.47. The van der Waals surface area contributed by atoms with E-state index in [0.29, 0.717) is 60.5 Å². The van der Waals surface area contributed by atoms with E-state index >= 15 is 0 Å². The zero-order chi connectivity index (χ0) is 22.2. The van der Waals surface area contributed by atoms with Gasteiger partial charge in [-0.3, -0.25) is 4.57 Å². The summed E-state index contributed by atoms with van der Waals surface area (Å²) in [6, 6.07) is 6.43. The molecule has 11 heteroatoms. The minimum atomic E-state index is -0.315. The van der Waals surface area contributed by atoms with Gasteiger partial charge in [0.25, 0.3) is 0 Å². The van der Waals surface area contributed by atoms with Gasteiger partial charge in [-0.2, -0.15) is 0 Å². The number of ether oxygens (including phenoxy) is 1. The topological polar surface area (TPSA) is 95.0 Å². The Morgan fingerprint density at radius 1 is 1.19 bits per heavy atom. The fraction of sp³-hybridized carbons (Fsp3) is 0.333. The number of fused-ring (bicyclic) bond motifs is 1. The van der Waals surface area contributed by atoms with Gasteiger partial charge in [0.05, 0.1) is 30.0 Å². The largest absolute Gasteiger partial charge is 0.383 e. The van der Waals surface area contributed by atoms with Crippen LogP contribution in [-0.2, 0) is 10.5 Å². The number of rotatable bonds is 5. The molecule has 0 bridgehead atoms. The summed E-state index contributed by atoms with van der Waals surface area (Å²) in [5.74, 6) is 1.94. The standard InChI is InChI=1S/C21H22FN7OS2/c1-12-13(2)32-19-17(12)18(23)24-16(25-19)11-31-21-27-26-20(28-6-8-30-9-7-28)29(21)15-5-3-4-14(22)10-15/h3-5,10H,6-9,11H2,1-2H3,(H2,23,24,25). The van der Waals surface area contributed by atoms with Crippen LogP contribution in [0.25, 0.3) is 15.9 Å². The Bertz CT molecular complexity index is 1280. The van der Waals surface area contributed by atoms with E-state index in [2.05, 4.69) is 27.0 Å². The lowest BCUT2D eigenvalue weighted by Gasteiger charge is -2.27. The maximum atomic E-state index is 14.0. The van der Waals surface area contributed by atoms with Gasteiger partial charge in [0.2, 0.25) is 5.95 Å². The molecular weight excluding hydrogens is 449 g/mol.